The van der Waals surface area contributed by atoms with Crippen LogP contribution in [0, 0.1) is 11.3 Å². The smallest absolute Gasteiger partial charge is 0.227 e. The number of hydrogen-bond donors (Lipinski definition) is 2. The Labute approximate surface area is 122 Å². The van der Waals surface area contributed by atoms with E-state index in [4.69, 9.17) is 5.73 Å². The van der Waals surface area contributed by atoms with Crippen LogP contribution in [0.3, 0.4) is 0 Å². The Kier molecular flexibility index (Phi) is 5.04. The Bertz CT molecular complexity index is 333. The lowest BCUT2D eigenvalue weighted by Gasteiger charge is -2.40. The zero-order valence-electron chi connectivity index (χ0n) is 13.2. The van der Waals surface area contributed by atoms with Gasteiger partial charge in [0.05, 0.1) is 5.41 Å². The van der Waals surface area contributed by atoms with Gasteiger partial charge >= 0.3 is 0 Å². The van der Waals surface area contributed by atoms with Gasteiger partial charge in [0.15, 0.2) is 0 Å². The second-order valence-electron chi connectivity index (χ2n) is 6.85. The Morgan fingerprint density at radius 2 is 1.85 bits per heavy atom. The number of hydrogen-bond acceptors (Lipinski definition) is 4. The number of nitrogens with two attached hydrogens (primary N) is 1. The topological polar surface area (TPSA) is 61.6 Å². The van der Waals surface area contributed by atoms with Crippen LogP contribution >= 0.6 is 0 Å². The molecule has 1 atom stereocenters. The average molecular weight is 282 g/mol. The van der Waals surface area contributed by atoms with Gasteiger partial charge in [0, 0.05) is 45.3 Å². The molecule has 0 aromatic rings. The molecule has 1 heterocycles. The number of likely N-dealkylation sites (N-methyl/N-ethyl adjacent to an activating group) is 1. The molecular weight excluding hydrogens is 252 g/mol. The predicted octanol–water partition coefficient (Wildman–Crippen LogP) is 0.114. The van der Waals surface area contributed by atoms with E-state index in [2.05, 4.69) is 36.0 Å². The van der Waals surface area contributed by atoms with Gasteiger partial charge < -0.3 is 16.0 Å². The Morgan fingerprint density at radius 1 is 1.25 bits per heavy atom. The van der Waals surface area contributed by atoms with Crippen LogP contribution in [0.15, 0.2) is 0 Å². The van der Waals surface area contributed by atoms with E-state index in [-0.39, 0.29) is 11.3 Å². The minimum Gasteiger partial charge on any atom is -0.354 e. The van der Waals surface area contributed by atoms with Gasteiger partial charge in [0.1, 0.15) is 0 Å². The van der Waals surface area contributed by atoms with E-state index in [0.717, 1.165) is 45.6 Å². The summed E-state index contributed by atoms with van der Waals surface area (Å²) in [7, 11) is 2.17. The highest BCUT2D eigenvalue weighted by molar-refractivity contribution is 5.85. The summed E-state index contributed by atoms with van der Waals surface area (Å²) in [6.45, 7) is 10.1. The standard InChI is InChI=1S/C15H30N4O/c1-12(2)13(19-8-6-18(3)7-9-19)10-17-14(20)15(11-16)4-5-15/h12-13H,4-11,16H2,1-3H3,(H,17,20). The first kappa shape index (κ1) is 15.7. The summed E-state index contributed by atoms with van der Waals surface area (Å²) < 4.78 is 0. The fourth-order valence-electron chi connectivity index (χ4n) is 3.00. The van der Waals surface area contributed by atoms with E-state index >= 15 is 0 Å². The fraction of sp³-hybridized carbons (Fsp3) is 0.933. The van der Waals surface area contributed by atoms with Gasteiger partial charge in [-0.2, -0.15) is 0 Å². The third kappa shape index (κ3) is 3.51. The van der Waals surface area contributed by atoms with Gasteiger partial charge in [0.25, 0.3) is 0 Å². The van der Waals surface area contributed by atoms with E-state index in [1.165, 1.54) is 0 Å². The number of nitrogens with zero attached hydrogens (tertiary/aromatic N) is 2. The van der Waals surface area contributed by atoms with Crippen molar-refractivity contribution in [3.8, 4) is 0 Å². The fourth-order valence-corrected chi connectivity index (χ4v) is 3.00. The van der Waals surface area contributed by atoms with Crippen LogP contribution in [0.25, 0.3) is 0 Å². The van der Waals surface area contributed by atoms with E-state index in [0.29, 0.717) is 18.5 Å². The van der Waals surface area contributed by atoms with E-state index in [1.54, 1.807) is 0 Å². The van der Waals surface area contributed by atoms with Crippen molar-refractivity contribution < 1.29 is 4.79 Å². The number of carbonyl (C=O) groups excluding carboxylic acids is 1. The maximum Gasteiger partial charge on any atom is 0.227 e. The maximum atomic E-state index is 12.2. The molecule has 2 aliphatic rings. The van der Waals surface area contributed by atoms with Crippen molar-refractivity contribution in [1.29, 1.82) is 0 Å². The molecule has 3 N–H and O–H groups in total. The average Bonchev–Trinajstić information content (AvgIpc) is 3.21. The Balaban J connectivity index is 1.85. The van der Waals surface area contributed by atoms with Gasteiger partial charge in [-0.3, -0.25) is 9.69 Å². The minimum atomic E-state index is -0.232. The first-order chi connectivity index (χ1) is 9.48. The molecule has 5 heteroatoms. The summed E-state index contributed by atoms with van der Waals surface area (Å²) in [5.74, 6) is 0.714. The summed E-state index contributed by atoms with van der Waals surface area (Å²) >= 11 is 0. The quantitative estimate of drug-likeness (QED) is 0.726. The second-order valence-corrected chi connectivity index (χ2v) is 6.85. The number of amides is 1. The van der Waals surface area contributed by atoms with Gasteiger partial charge in [-0.15, -0.1) is 0 Å². The highest BCUT2D eigenvalue weighted by atomic mass is 16.2. The molecule has 2 fully saturated rings. The van der Waals surface area contributed by atoms with Gasteiger partial charge in [-0.1, -0.05) is 13.8 Å². The summed E-state index contributed by atoms with van der Waals surface area (Å²) in [5, 5.41) is 3.15. The van der Waals surface area contributed by atoms with Crippen LogP contribution in [-0.4, -0.2) is 68.1 Å². The van der Waals surface area contributed by atoms with Crippen LogP contribution < -0.4 is 11.1 Å². The number of carbonyl (C=O) groups is 1. The van der Waals surface area contributed by atoms with Crippen molar-refractivity contribution in [1.82, 2.24) is 15.1 Å². The van der Waals surface area contributed by atoms with E-state index in [1.807, 2.05) is 0 Å². The molecule has 0 bridgehead atoms. The van der Waals surface area contributed by atoms with Crippen LogP contribution in [0.2, 0.25) is 0 Å². The van der Waals surface area contributed by atoms with Crippen LogP contribution in [0.4, 0.5) is 0 Å². The Morgan fingerprint density at radius 3 is 2.30 bits per heavy atom. The van der Waals surface area contributed by atoms with Gasteiger partial charge in [-0.25, -0.2) is 0 Å². The van der Waals surface area contributed by atoms with Crippen molar-refractivity contribution in [3.05, 3.63) is 0 Å². The normalized spacial score (nSPS) is 24.6. The molecule has 0 radical (unpaired) electrons. The molecule has 1 aliphatic heterocycles. The van der Waals surface area contributed by atoms with Crippen LogP contribution in [0.1, 0.15) is 26.7 Å². The minimum absolute atomic E-state index is 0.166. The van der Waals surface area contributed by atoms with Crippen LogP contribution in [0.5, 0.6) is 0 Å². The molecule has 0 aromatic carbocycles. The lowest BCUT2D eigenvalue weighted by molar-refractivity contribution is -0.126. The van der Waals surface area contributed by atoms with E-state index in [9.17, 15) is 4.79 Å². The molecule has 1 amide bonds. The summed E-state index contributed by atoms with van der Waals surface area (Å²) in [6.07, 6.45) is 1.91. The van der Waals surface area contributed by atoms with Gasteiger partial charge in [0.2, 0.25) is 5.91 Å². The van der Waals surface area contributed by atoms with Crippen molar-refractivity contribution >= 4 is 5.91 Å². The SMILES string of the molecule is CC(C)C(CNC(=O)C1(CN)CC1)N1CCN(C)CC1. The summed E-state index contributed by atoms with van der Waals surface area (Å²) in [4.78, 5) is 17.1. The lowest BCUT2D eigenvalue weighted by atomic mass is 10.0. The highest BCUT2D eigenvalue weighted by Crippen LogP contribution is 2.44. The molecule has 5 nitrogen and oxygen atoms in total. The van der Waals surface area contributed by atoms with E-state index < -0.39 is 0 Å². The lowest BCUT2D eigenvalue weighted by Crippen LogP contribution is -2.54. The molecular formula is C15H30N4O. The van der Waals surface area contributed by atoms with Crippen molar-refractivity contribution in [2.24, 2.45) is 17.1 Å². The van der Waals surface area contributed by atoms with Gasteiger partial charge in [-0.05, 0) is 25.8 Å². The maximum absolute atomic E-state index is 12.2. The molecule has 0 aromatic heterocycles. The first-order valence-electron chi connectivity index (χ1n) is 7.89. The molecule has 20 heavy (non-hydrogen) atoms. The largest absolute Gasteiger partial charge is 0.354 e. The highest BCUT2D eigenvalue weighted by Gasteiger charge is 2.48. The molecule has 1 saturated carbocycles. The molecule has 0 spiro atoms. The second kappa shape index (κ2) is 6.41. The number of nitrogens with one attached hydrogen (secondary N) is 1. The van der Waals surface area contributed by atoms with Crippen LogP contribution in [-0.2, 0) is 4.79 Å². The third-order valence-corrected chi connectivity index (χ3v) is 4.97. The first-order valence-corrected chi connectivity index (χ1v) is 7.89. The Hall–Kier alpha value is -0.650. The van der Waals surface area contributed by atoms with Crippen molar-refractivity contribution in [3.63, 3.8) is 0 Å². The third-order valence-electron chi connectivity index (χ3n) is 4.97. The van der Waals surface area contributed by atoms with Crippen molar-refractivity contribution in [2.45, 2.75) is 32.7 Å². The monoisotopic (exact) mass is 282 g/mol. The molecule has 1 unspecified atom stereocenters. The number of rotatable bonds is 6. The molecule has 1 saturated heterocycles. The molecule has 1 aliphatic carbocycles. The zero-order chi connectivity index (χ0) is 14.8. The molecule has 116 valence electrons. The molecule has 2 rings (SSSR count). The summed E-state index contributed by atoms with van der Waals surface area (Å²) in [5.41, 5.74) is 5.48. The van der Waals surface area contributed by atoms with Crippen molar-refractivity contribution in [2.75, 3.05) is 46.3 Å². The predicted molar refractivity (Wildman–Crippen MR) is 81.4 cm³/mol. The summed E-state index contributed by atoms with van der Waals surface area (Å²) in [6, 6.07) is 0.432. The number of piperazine rings is 1. The zero-order valence-corrected chi connectivity index (χ0v) is 13.2.